The van der Waals surface area contributed by atoms with Gasteiger partial charge in [-0.15, -0.1) is 0 Å². The van der Waals surface area contributed by atoms with Gasteiger partial charge in [0.15, 0.2) is 6.10 Å². The Balaban J connectivity index is 1.33. The van der Waals surface area contributed by atoms with E-state index in [1.54, 1.807) is 14.2 Å². The number of nitrogens with zero attached hydrogens (tertiary/aromatic N) is 2. The van der Waals surface area contributed by atoms with E-state index in [-0.39, 0.29) is 12.0 Å². The summed E-state index contributed by atoms with van der Waals surface area (Å²) < 4.78 is 16.7. The first-order chi connectivity index (χ1) is 13.7. The third-order valence-corrected chi connectivity index (χ3v) is 5.49. The van der Waals surface area contributed by atoms with Gasteiger partial charge in [-0.2, -0.15) is 0 Å². The zero-order valence-electron chi connectivity index (χ0n) is 16.4. The van der Waals surface area contributed by atoms with Crippen molar-refractivity contribution in [3.05, 3.63) is 53.6 Å². The van der Waals surface area contributed by atoms with E-state index >= 15 is 0 Å². The highest BCUT2D eigenvalue weighted by atomic mass is 16.5. The lowest BCUT2D eigenvalue weighted by molar-refractivity contribution is -0.139. The third-order valence-electron chi connectivity index (χ3n) is 5.49. The number of amides is 1. The SMILES string of the molecule is COc1ccc(OC)c(CN2CCN(C(=O)C3Cc4ccccc4O3)CC2)c1. The van der Waals surface area contributed by atoms with Crippen molar-refractivity contribution < 1.29 is 19.0 Å². The Morgan fingerprint density at radius 1 is 1.07 bits per heavy atom. The first-order valence-electron chi connectivity index (χ1n) is 9.64. The molecule has 1 saturated heterocycles. The molecule has 148 valence electrons. The molecule has 0 saturated carbocycles. The summed E-state index contributed by atoms with van der Waals surface area (Å²) in [6.07, 6.45) is 0.276. The predicted molar refractivity (Wildman–Crippen MR) is 106 cm³/mol. The molecule has 2 aliphatic heterocycles. The number of hydrogen-bond donors (Lipinski definition) is 0. The molecule has 2 aromatic carbocycles. The van der Waals surface area contributed by atoms with Crippen LogP contribution in [0.2, 0.25) is 0 Å². The lowest BCUT2D eigenvalue weighted by atomic mass is 10.1. The summed E-state index contributed by atoms with van der Waals surface area (Å²) >= 11 is 0. The summed E-state index contributed by atoms with van der Waals surface area (Å²) in [5.74, 6) is 2.61. The Hall–Kier alpha value is -2.73. The van der Waals surface area contributed by atoms with Gasteiger partial charge in [0, 0.05) is 44.7 Å². The number of piperazine rings is 1. The fraction of sp³-hybridized carbons (Fsp3) is 0.409. The van der Waals surface area contributed by atoms with Gasteiger partial charge in [-0.05, 0) is 29.8 Å². The number of hydrogen-bond acceptors (Lipinski definition) is 5. The normalized spacial score (nSPS) is 19.1. The Bertz CT molecular complexity index is 821. The van der Waals surface area contributed by atoms with Crippen LogP contribution >= 0.6 is 0 Å². The van der Waals surface area contributed by atoms with Gasteiger partial charge in [0.2, 0.25) is 0 Å². The molecule has 1 fully saturated rings. The van der Waals surface area contributed by atoms with Crippen molar-refractivity contribution in [2.45, 2.75) is 19.1 Å². The van der Waals surface area contributed by atoms with E-state index in [1.165, 1.54) is 0 Å². The monoisotopic (exact) mass is 382 g/mol. The minimum atomic E-state index is -0.387. The van der Waals surface area contributed by atoms with E-state index in [4.69, 9.17) is 14.2 Å². The van der Waals surface area contributed by atoms with Crippen LogP contribution in [0.1, 0.15) is 11.1 Å². The Morgan fingerprint density at radius 2 is 1.86 bits per heavy atom. The summed E-state index contributed by atoms with van der Waals surface area (Å²) in [5.41, 5.74) is 2.21. The van der Waals surface area contributed by atoms with Crippen LogP contribution in [0.4, 0.5) is 0 Å². The highest BCUT2D eigenvalue weighted by Gasteiger charge is 2.33. The zero-order chi connectivity index (χ0) is 19.5. The fourth-order valence-corrected chi connectivity index (χ4v) is 3.90. The van der Waals surface area contributed by atoms with Crippen molar-refractivity contribution in [2.75, 3.05) is 40.4 Å². The van der Waals surface area contributed by atoms with Crippen molar-refractivity contribution in [3.63, 3.8) is 0 Å². The lowest BCUT2D eigenvalue weighted by Crippen LogP contribution is -2.51. The van der Waals surface area contributed by atoms with Crippen molar-refractivity contribution in [3.8, 4) is 17.2 Å². The van der Waals surface area contributed by atoms with Gasteiger partial charge in [0.05, 0.1) is 14.2 Å². The van der Waals surface area contributed by atoms with Gasteiger partial charge in [-0.25, -0.2) is 0 Å². The molecule has 0 N–H and O–H groups in total. The zero-order valence-corrected chi connectivity index (χ0v) is 16.4. The summed E-state index contributed by atoms with van der Waals surface area (Å²) in [6, 6.07) is 13.7. The second kappa shape index (κ2) is 8.10. The van der Waals surface area contributed by atoms with Crippen LogP contribution in [0, 0.1) is 0 Å². The summed E-state index contributed by atoms with van der Waals surface area (Å²) in [5, 5.41) is 0. The standard InChI is InChI=1S/C22H26N2O4/c1-26-18-7-8-19(27-2)17(13-18)15-23-9-11-24(12-10-23)22(25)21-14-16-5-3-4-6-20(16)28-21/h3-8,13,21H,9-12,14-15H2,1-2H3. The van der Waals surface area contributed by atoms with Gasteiger partial charge in [0.25, 0.3) is 5.91 Å². The third kappa shape index (κ3) is 3.78. The number of benzene rings is 2. The van der Waals surface area contributed by atoms with Crippen LogP contribution in [0.5, 0.6) is 17.2 Å². The molecule has 2 aliphatic rings. The van der Waals surface area contributed by atoms with Crippen LogP contribution in [-0.4, -0.2) is 62.2 Å². The number of para-hydroxylation sites is 1. The van der Waals surface area contributed by atoms with E-state index in [9.17, 15) is 4.79 Å². The quantitative estimate of drug-likeness (QED) is 0.795. The maximum atomic E-state index is 12.9. The van der Waals surface area contributed by atoms with Crippen LogP contribution < -0.4 is 14.2 Å². The van der Waals surface area contributed by atoms with E-state index in [0.717, 1.165) is 48.0 Å². The number of ether oxygens (including phenoxy) is 3. The van der Waals surface area contributed by atoms with Gasteiger partial charge < -0.3 is 19.1 Å². The van der Waals surface area contributed by atoms with E-state index in [2.05, 4.69) is 4.90 Å². The first-order valence-corrected chi connectivity index (χ1v) is 9.64. The molecule has 6 heteroatoms. The topological polar surface area (TPSA) is 51.2 Å². The molecule has 0 spiro atoms. The molecule has 4 rings (SSSR count). The van der Waals surface area contributed by atoms with Crippen molar-refractivity contribution in [1.82, 2.24) is 9.80 Å². The summed E-state index contributed by atoms with van der Waals surface area (Å²) in [6.45, 7) is 3.84. The molecule has 2 aromatic rings. The van der Waals surface area contributed by atoms with Crippen molar-refractivity contribution in [2.24, 2.45) is 0 Å². The highest BCUT2D eigenvalue weighted by Crippen LogP contribution is 2.29. The van der Waals surface area contributed by atoms with Crippen LogP contribution in [-0.2, 0) is 17.8 Å². The maximum absolute atomic E-state index is 12.9. The number of methoxy groups -OCH3 is 2. The van der Waals surface area contributed by atoms with E-state index in [1.807, 2.05) is 47.4 Å². The average molecular weight is 382 g/mol. The fourth-order valence-electron chi connectivity index (χ4n) is 3.90. The van der Waals surface area contributed by atoms with E-state index < -0.39 is 0 Å². The smallest absolute Gasteiger partial charge is 0.264 e. The Labute approximate surface area is 165 Å². The minimum absolute atomic E-state index is 0.0924. The second-order valence-corrected chi connectivity index (χ2v) is 7.20. The highest BCUT2D eigenvalue weighted by molar-refractivity contribution is 5.82. The lowest BCUT2D eigenvalue weighted by Gasteiger charge is -2.35. The number of fused-ring (bicyclic) bond motifs is 1. The molecule has 0 aliphatic carbocycles. The van der Waals surface area contributed by atoms with Gasteiger partial charge in [0.1, 0.15) is 17.2 Å². The van der Waals surface area contributed by atoms with Crippen molar-refractivity contribution >= 4 is 5.91 Å². The molecular formula is C22H26N2O4. The average Bonchev–Trinajstić information content (AvgIpc) is 3.18. The molecule has 0 aromatic heterocycles. The second-order valence-electron chi connectivity index (χ2n) is 7.20. The molecular weight excluding hydrogens is 356 g/mol. The summed E-state index contributed by atoms with van der Waals surface area (Å²) in [4.78, 5) is 17.1. The van der Waals surface area contributed by atoms with Gasteiger partial charge >= 0.3 is 0 Å². The van der Waals surface area contributed by atoms with Crippen LogP contribution in [0.25, 0.3) is 0 Å². The Kier molecular flexibility index (Phi) is 5.39. The maximum Gasteiger partial charge on any atom is 0.264 e. The molecule has 28 heavy (non-hydrogen) atoms. The molecule has 0 bridgehead atoms. The molecule has 1 atom stereocenters. The number of carbonyl (C=O) groups is 1. The number of carbonyl (C=O) groups excluding carboxylic acids is 1. The largest absolute Gasteiger partial charge is 0.497 e. The molecule has 0 radical (unpaired) electrons. The summed E-state index contributed by atoms with van der Waals surface area (Å²) in [7, 11) is 3.35. The van der Waals surface area contributed by atoms with Crippen LogP contribution in [0.15, 0.2) is 42.5 Å². The first kappa shape index (κ1) is 18.6. The molecule has 2 heterocycles. The predicted octanol–water partition coefficient (Wildman–Crippen LogP) is 2.35. The van der Waals surface area contributed by atoms with Gasteiger partial charge in [-0.1, -0.05) is 18.2 Å². The van der Waals surface area contributed by atoms with Crippen LogP contribution in [0.3, 0.4) is 0 Å². The number of rotatable bonds is 5. The van der Waals surface area contributed by atoms with Gasteiger partial charge in [-0.3, -0.25) is 9.69 Å². The Morgan fingerprint density at radius 3 is 2.57 bits per heavy atom. The minimum Gasteiger partial charge on any atom is -0.497 e. The van der Waals surface area contributed by atoms with E-state index in [0.29, 0.717) is 19.5 Å². The molecule has 1 unspecified atom stereocenters. The van der Waals surface area contributed by atoms with Crippen molar-refractivity contribution in [1.29, 1.82) is 0 Å². The molecule has 1 amide bonds. The molecule has 6 nitrogen and oxygen atoms in total.